The van der Waals surface area contributed by atoms with E-state index in [-0.39, 0.29) is 6.04 Å². The van der Waals surface area contributed by atoms with E-state index >= 15 is 0 Å². The number of sulfonamides is 1. The minimum Gasteiger partial charge on any atom is -0.383 e. The van der Waals surface area contributed by atoms with Gasteiger partial charge in [0, 0.05) is 19.7 Å². The normalized spacial score (nSPS) is 13.7. The molecule has 0 saturated carbocycles. The fraction of sp³-hybridized carbons (Fsp3) is 0.636. The van der Waals surface area contributed by atoms with Gasteiger partial charge in [-0.05, 0) is 23.4 Å². The number of nitrogens with two attached hydrogens (primary N) is 1. The van der Waals surface area contributed by atoms with Crippen LogP contribution in [0.1, 0.15) is 25.3 Å². The first-order valence-electron chi connectivity index (χ1n) is 5.82. The Morgan fingerprint density at radius 3 is 2.78 bits per heavy atom. The summed E-state index contributed by atoms with van der Waals surface area (Å²) in [5, 5.41) is 1.76. The quantitative estimate of drug-likeness (QED) is 0.756. The fourth-order valence-corrected chi connectivity index (χ4v) is 4.10. The number of hydrogen-bond acceptors (Lipinski definition) is 5. The average molecular weight is 292 g/mol. The summed E-state index contributed by atoms with van der Waals surface area (Å²) in [5.74, 6) is 0. The van der Waals surface area contributed by atoms with E-state index in [1.54, 1.807) is 18.6 Å². The smallest absolute Gasteiger partial charge is 0.250 e. The Bertz CT molecular complexity index is 451. The standard InChI is InChI=1S/C11H20N2O3S2/c1-3-4-10(7-16-2)13-18(14,15)11-5-9(6-12)8-17-11/h5,8,10,13H,3-4,6-7,12H2,1-2H3. The molecule has 0 aliphatic rings. The van der Waals surface area contributed by atoms with Crippen LogP contribution in [0.25, 0.3) is 0 Å². The Labute approximate surface area is 112 Å². The third-order valence-corrected chi connectivity index (χ3v) is 5.47. The average Bonchev–Trinajstić information content (AvgIpc) is 2.78. The highest BCUT2D eigenvalue weighted by Crippen LogP contribution is 2.20. The van der Waals surface area contributed by atoms with Crippen LogP contribution in [-0.4, -0.2) is 28.2 Å². The fourth-order valence-electron chi connectivity index (χ4n) is 1.60. The van der Waals surface area contributed by atoms with E-state index in [1.165, 1.54) is 11.3 Å². The first-order valence-corrected chi connectivity index (χ1v) is 8.18. The van der Waals surface area contributed by atoms with Crippen LogP contribution in [0.15, 0.2) is 15.7 Å². The number of rotatable bonds is 8. The zero-order valence-electron chi connectivity index (χ0n) is 10.7. The Kier molecular flexibility index (Phi) is 6.24. The lowest BCUT2D eigenvalue weighted by molar-refractivity contribution is 0.171. The zero-order chi connectivity index (χ0) is 13.6. The summed E-state index contributed by atoms with van der Waals surface area (Å²) in [7, 11) is -1.90. The molecule has 0 saturated heterocycles. The van der Waals surface area contributed by atoms with E-state index in [1.807, 2.05) is 6.92 Å². The summed E-state index contributed by atoms with van der Waals surface area (Å²) in [6.07, 6.45) is 1.65. The molecule has 18 heavy (non-hydrogen) atoms. The van der Waals surface area contributed by atoms with Gasteiger partial charge in [-0.3, -0.25) is 0 Å². The number of nitrogens with one attached hydrogen (secondary N) is 1. The molecule has 0 aromatic carbocycles. The second-order valence-electron chi connectivity index (χ2n) is 4.04. The summed E-state index contributed by atoms with van der Waals surface area (Å²) in [4.78, 5) is 0. The summed E-state index contributed by atoms with van der Waals surface area (Å²) >= 11 is 1.19. The lowest BCUT2D eigenvalue weighted by Gasteiger charge is -2.16. The van der Waals surface area contributed by atoms with Gasteiger partial charge in [0.25, 0.3) is 0 Å². The molecule has 0 bridgehead atoms. The second-order valence-corrected chi connectivity index (χ2v) is 6.89. The minimum absolute atomic E-state index is 0.187. The third kappa shape index (κ3) is 4.33. The molecule has 3 N–H and O–H groups in total. The molecule has 1 rings (SSSR count). The molecule has 0 radical (unpaired) electrons. The molecular formula is C11H20N2O3S2. The van der Waals surface area contributed by atoms with E-state index in [9.17, 15) is 8.42 Å². The van der Waals surface area contributed by atoms with Crippen molar-refractivity contribution in [1.82, 2.24) is 4.72 Å². The van der Waals surface area contributed by atoms with Crippen molar-refractivity contribution in [3.63, 3.8) is 0 Å². The van der Waals surface area contributed by atoms with E-state index in [2.05, 4.69) is 4.72 Å². The molecule has 1 aromatic heterocycles. The van der Waals surface area contributed by atoms with Crippen molar-refractivity contribution in [2.75, 3.05) is 13.7 Å². The van der Waals surface area contributed by atoms with Gasteiger partial charge in [0.15, 0.2) is 0 Å². The molecule has 0 spiro atoms. The van der Waals surface area contributed by atoms with Gasteiger partial charge in [-0.15, -0.1) is 11.3 Å². The number of methoxy groups -OCH3 is 1. The molecule has 7 heteroatoms. The van der Waals surface area contributed by atoms with Crippen LogP contribution in [0.4, 0.5) is 0 Å². The largest absolute Gasteiger partial charge is 0.383 e. The Hall–Kier alpha value is -0.470. The highest BCUT2D eigenvalue weighted by Gasteiger charge is 2.21. The summed E-state index contributed by atoms with van der Waals surface area (Å²) in [5.41, 5.74) is 6.31. The first-order chi connectivity index (χ1) is 8.53. The van der Waals surface area contributed by atoms with Crippen LogP contribution in [0.5, 0.6) is 0 Å². The van der Waals surface area contributed by atoms with Crippen molar-refractivity contribution < 1.29 is 13.2 Å². The van der Waals surface area contributed by atoms with Crippen LogP contribution in [0.2, 0.25) is 0 Å². The molecule has 0 amide bonds. The van der Waals surface area contributed by atoms with Crippen LogP contribution in [-0.2, 0) is 21.3 Å². The van der Waals surface area contributed by atoms with Gasteiger partial charge < -0.3 is 10.5 Å². The summed E-state index contributed by atoms with van der Waals surface area (Å²) < 4.78 is 32.2. The van der Waals surface area contributed by atoms with E-state index in [4.69, 9.17) is 10.5 Å². The summed E-state index contributed by atoms with van der Waals surface area (Å²) in [6, 6.07) is 1.43. The van der Waals surface area contributed by atoms with Crippen molar-refractivity contribution in [1.29, 1.82) is 0 Å². The molecule has 0 fully saturated rings. The highest BCUT2D eigenvalue weighted by atomic mass is 32.2. The lowest BCUT2D eigenvalue weighted by atomic mass is 10.2. The van der Waals surface area contributed by atoms with Crippen molar-refractivity contribution in [3.05, 3.63) is 17.0 Å². The van der Waals surface area contributed by atoms with Gasteiger partial charge in [0.1, 0.15) is 4.21 Å². The van der Waals surface area contributed by atoms with Gasteiger partial charge in [-0.25, -0.2) is 13.1 Å². The van der Waals surface area contributed by atoms with Gasteiger partial charge in [0.2, 0.25) is 10.0 Å². The molecule has 0 aliphatic heterocycles. The molecule has 1 aromatic rings. The third-order valence-electron chi connectivity index (χ3n) is 2.46. The number of ether oxygens (including phenoxy) is 1. The predicted octanol–water partition coefficient (Wildman–Crippen LogP) is 1.30. The van der Waals surface area contributed by atoms with Crippen LogP contribution < -0.4 is 10.5 Å². The van der Waals surface area contributed by atoms with Gasteiger partial charge in [-0.1, -0.05) is 13.3 Å². The maximum absolute atomic E-state index is 12.1. The highest BCUT2D eigenvalue weighted by molar-refractivity contribution is 7.91. The van der Waals surface area contributed by atoms with E-state index < -0.39 is 10.0 Å². The minimum atomic E-state index is -3.46. The van der Waals surface area contributed by atoms with Crippen LogP contribution in [0, 0.1) is 0 Å². The maximum atomic E-state index is 12.1. The van der Waals surface area contributed by atoms with Crippen molar-refractivity contribution in [2.45, 2.75) is 36.6 Å². The van der Waals surface area contributed by atoms with E-state index in [0.29, 0.717) is 17.4 Å². The van der Waals surface area contributed by atoms with Crippen LogP contribution >= 0.6 is 11.3 Å². The lowest BCUT2D eigenvalue weighted by Crippen LogP contribution is -2.37. The Morgan fingerprint density at radius 1 is 1.56 bits per heavy atom. The number of thiophene rings is 1. The molecule has 1 atom stereocenters. The molecule has 1 unspecified atom stereocenters. The summed E-state index contributed by atoms with van der Waals surface area (Å²) in [6.45, 7) is 2.74. The van der Waals surface area contributed by atoms with Gasteiger partial charge in [0.05, 0.1) is 6.61 Å². The number of hydrogen-bond donors (Lipinski definition) is 2. The zero-order valence-corrected chi connectivity index (χ0v) is 12.3. The molecule has 104 valence electrons. The molecule has 5 nitrogen and oxygen atoms in total. The first kappa shape index (κ1) is 15.6. The predicted molar refractivity (Wildman–Crippen MR) is 73.1 cm³/mol. The maximum Gasteiger partial charge on any atom is 0.250 e. The van der Waals surface area contributed by atoms with Crippen LogP contribution in [0.3, 0.4) is 0 Å². The Morgan fingerprint density at radius 2 is 2.28 bits per heavy atom. The Balaban J connectivity index is 2.78. The SMILES string of the molecule is CCCC(COC)NS(=O)(=O)c1cc(CN)cs1. The molecular weight excluding hydrogens is 272 g/mol. The monoisotopic (exact) mass is 292 g/mol. The van der Waals surface area contributed by atoms with Crippen molar-refractivity contribution in [3.8, 4) is 0 Å². The molecule has 0 aliphatic carbocycles. The van der Waals surface area contributed by atoms with Crippen molar-refractivity contribution >= 4 is 21.4 Å². The van der Waals surface area contributed by atoms with Gasteiger partial charge >= 0.3 is 0 Å². The van der Waals surface area contributed by atoms with Gasteiger partial charge in [-0.2, -0.15) is 0 Å². The molecule has 1 heterocycles. The van der Waals surface area contributed by atoms with Crippen molar-refractivity contribution in [2.24, 2.45) is 5.73 Å². The second kappa shape index (κ2) is 7.20. The topological polar surface area (TPSA) is 81.4 Å². The van der Waals surface area contributed by atoms with E-state index in [0.717, 1.165) is 18.4 Å².